The highest BCUT2D eigenvalue weighted by Gasteiger charge is 2.03. The second-order valence-electron chi connectivity index (χ2n) is 3.35. The predicted octanol–water partition coefficient (Wildman–Crippen LogP) is 0.684. The van der Waals surface area contributed by atoms with Gasteiger partial charge in [0.2, 0.25) is 0 Å². The van der Waals surface area contributed by atoms with Crippen molar-refractivity contribution in [1.29, 1.82) is 0 Å². The molecule has 5 nitrogen and oxygen atoms in total. The van der Waals surface area contributed by atoms with Crippen LogP contribution >= 0.6 is 12.2 Å². The summed E-state index contributed by atoms with van der Waals surface area (Å²) in [6, 6.07) is 5.65. The number of rotatable bonds is 3. The highest BCUT2D eigenvalue weighted by atomic mass is 32.1. The maximum atomic E-state index is 8.88. The van der Waals surface area contributed by atoms with Crippen LogP contribution in [-0.2, 0) is 6.54 Å². The summed E-state index contributed by atoms with van der Waals surface area (Å²) in [4.78, 5) is 4.23. The molecule has 0 spiro atoms. The van der Waals surface area contributed by atoms with E-state index in [1.807, 2.05) is 22.8 Å². The molecule has 2 aromatic rings. The first kappa shape index (κ1) is 10.8. The lowest BCUT2D eigenvalue weighted by Gasteiger charge is -2.04. The summed E-state index contributed by atoms with van der Waals surface area (Å²) in [7, 11) is 0. The van der Waals surface area contributed by atoms with Gasteiger partial charge in [0.05, 0.1) is 24.0 Å². The summed E-state index contributed by atoms with van der Waals surface area (Å²) in [6.45, 7) is 0.636. The lowest BCUT2D eigenvalue weighted by molar-refractivity contribution is 0.278. The molecule has 16 heavy (non-hydrogen) atoms. The Kier molecular flexibility index (Phi) is 3.02. The zero-order valence-electron chi connectivity index (χ0n) is 8.55. The smallest absolute Gasteiger partial charge is 0.168 e. The van der Waals surface area contributed by atoms with Gasteiger partial charge < -0.3 is 20.7 Å². The van der Waals surface area contributed by atoms with Gasteiger partial charge in [-0.1, -0.05) is 0 Å². The predicted molar refractivity (Wildman–Crippen MR) is 67.2 cm³/mol. The van der Waals surface area contributed by atoms with Gasteiger partial charge in [0.15, 0.2) is 5.11 Å². The molecule has 1 heterocycles. The minimum Gasteiger partial charge on any atom is -0.395 e. The fourth-order valence-electron chi connectivity index (χ4n) is 1.57. The van der Waals surface area contributed by atoms with Crippen molar-refractivity contribution in [2.24, 2.45) is 5.73 Å². The second-order valence-corrected chi connectivity index (χ2v) is 3.79. The molecule has 0 saturated carbocycles. The van der Waals surface area contributed by atoms with Crippen molar-refractivity contribution in [3.63, 3.8) is 0 Å². The van der Waals surface area contributed by atoms with Crippen LogP contribution in [-0.4, -0.2) is 26.4 Å². The molecule has 84 valence electrons. The molecule has 6 heteroatoms. The monoisotopic (exact) mass is 236 g/mol. The molecule has 0 aliphatic rings. The number of aromatic nitrogens is 2. The Morgan fingerprint density at radius 1 is 1.56 bits per heavy atom. The quantitative estimate of drug-likeness (QED) is 0.683. The van der Waals surface area contributed by atoms with Crippen LogP contribution in [0.4, 0.5) is 5.69 Å². The minimum absolute atomic E-state index is 0.0956. The summed E-state index contributed by atoms with van der Waals surface area (Å²) in [5.41, 5.74) is 8.01. The first-order valence-corrected chi connectivity index (χ1v) is 5.24. The molecule has 2 rings (SSSR count). The molecular formula is C10H12N4OS. The molecule has 0 aliphatic carbocycles. The highest BCUT2D eigenvalue weighted by molar-refractivity contribution is 7.80. The zero-order chi connectivity index (χ0) is 11.5. The fraction of sp³-hybridized carbons (Fsp3) is 0.200. The summed E-state index contributed by atoms with van der Waals surface area (Å²) in [5.74, 6) is 0. The number of nitrogens with two attached hydrogens (primary N) is 1. The summed E-state index contributed by atoms with van der Waals surface area (Å²) in [6.07, 6.45) is 1.70. The molecule has 0 unspecified atom stereocenters. The first-order valence-electron chi connectivity index (χ1n) is 4.83. The van der Waals surface area contributed by atoms with Crippen LogP contribution in [0.5, 0.6) is 0 Å². The number of nitrogens with zero attached hydrogens (tertiary/aromatic N) is 2. The maximum Gasteiger partial charge on any atom is 0.168 e. The van der Waals surface area contributed by atoms with Gasteiger partial charge in [0.25, 0.3) is 0 Å². The van der Waals surface area contributed by atoms with Crippen LogP contribution < -0.4 is 11.1 Å². The fourth-order valence-corrected chi connectivity index (χ4v) is 1.69. The van der Waals surface area contributed by atoms with E-state index in [0.717, 1.165) is 16.7 Å². The number of anilines is 1. The SMILES string of the molecule is NC(=S)Nc1ccc2c(c1)ncn2CCO. The van der Waals surface area contributed by atoms with Gasteiger partial charge in [-0.05, 0) is 30.4 Å². The molecule has 0 saturated heterocycles. The van der Waals surface area contributed by atoms with Crippen LogP contribution in [0.2, 0.25) is 0 Å². The standard InChI is InChI=1S/C10H12N4OS/c11-10(16)13-7-1-2-9-8(5-7)12-6-14(9)3-4-15/h1-2,5-6,15H,3-4H2,(H3,11,13,16). The number of hydrogen-bond acceptors (Lipinski definition) is 3. The summed E-state index contributed by atoms with van der Waals surface area (Å²) >= 11 is 4.76. The average Bonchev–Trinajstić information content (AvgIpc) is 2.61. The zero-order valence-corrected chi connectivity index (χ0v) is 9.37. The maximum absolute atomic E-state index is 8.88. The largest absolute Gasteiger partial charge is 0.395 e. The third-order valence-corrected chi connectivity index (χ3v) is 2.33. The van der Waals surface area contributed by atoms with E-state index < -0.39 is 0 Å². The van der Waals surface area contributed by atoms with Gasteiger partial charge in [0, 0.05) is 12.2 Å². The lowest BCUT2D eigenvalue weighted by Crippen LogP contribution is -2.18. The third-order valence-electron chi connectivity index (χ3n) is 2.23. The molecule has 0 aliphatic heterocycles. The highest BCUT2D eigenvalue weighted by Crippen LogP contribution is 2.17. The van der Waals surface area contributed by atoms with Crippen molar-refractivity contribution in [3.05, 3.63) is 24.5 Å². The topological polar surface area (TPSA) is 76.1 Å². The molecule has 0 bridgehead atoms. The molecule has 0 amide bonds. The van der Waals surface area contributed by atoms with Crippen LogP contribution in [0, 0.1) is 0 Å². The van der Waals surface area contributed by atoms with Crippen molar-refractivity contribution in [2.75, 3.05) is 11.9 Å². The number of hydrogen-bond donors (Lipinski definition) is 3. The Hall–Kier alpha value is -1.66. The first-order chi connectivity index (χ1) is 7.70. The Balaban J connectivity index is 2.37. The van der Waals surface area contributed by atoms with Gasteiger partial charge >= 0.3 is 0 Å². The van der Waals surface area contributed by atoms with Crippen molar-refractivity contribution < 1.29 is 5.11 Å². The van der Waals surface area contributed by atoms with Gasteiger partial charge in [-0.25, -0.2) is 4.98 Å². The number of aliphatic hydroxyl groups is 1. The van der Waals surface area contributed by atoms with E-state index in [1.165, 1.54) is 0 Å². The van der Waals surface area contributed by atoms with E-state index in [0.29, 0.717) is 6.54 Å². The van der Waals surface area contributed by atoms with Gasteiger partial charge in [-0.3, -0.25) is 0 Å². The van der Waals surface area contributed by atoms with E-state index in [-0.39, 0.29) is 11.7 Å². The molecule has 1 aromatic heterocycles. The van der Waals surface area contributed by atoms with Crippen molar-refractivity contribution in [2.45, 2.75) is 6.54 Å². The molecule has 1 aromatic carbocycles. The Bertz CT molecular complexity index is 523. The van der Waals surface area contributed by atoms with E-state index in [2.05, 4.69) is 10.3 Å². The second kappa shape index (κ2) is 4.46. The van der Waals surface area contributed by atoms with Crippen molar-refractivity contribution in [1.82, 2.24) is 9.55 Å². The third kappa shape index (κ3) is 2.12. The van der Waals surface area contributed by atoms with Crippen LogP contribution in [0.25, 0.3) is 11.0 Å². The van der Waals surface area contributed by atoms with E-state index in [1.54, 1.807) is 6.33 Å². The Morgan fingerprint density at radius 2 is 2.38 bits per heavy atom. The van der Waals surface area contributed by atoms with Crippen LogP contribution in [0.3, 0.4) is 0 Å². The number of imidazole rings is 1. The number of fused-ring (bicyclic) bond motifs is 1. The van der Waals surface area contributed by atoms with E-state index >= 15 is 0 Å². The van der Waals surface area contributed by atoms with Gasteiger partial charge in [-0.15, -0.1) is 0 Å². The van der Waals surface area contributed by atoms with E-state index in [4.69, 9.17) is 23.1 Å². The van der Waals surface area contributed by atoms with Crippen molar-refractivity contribution in [3.8, 4) is 0 Å². The van der Waals surface area contributed by atoms with Gasteiger partial charge in [0.1, 0.15) is 0 Å². The molecular weight excluding hydrogens is 224 g/mol. The number of thiocarbonyl (C=S) groups is 1. The Morgan fingerprint density at radius 3 is 3.06 bits per heavy atom. The molecule has 0 atom stereocenters. The minimum atomic E-state index is 0.0956. The molecule has 0 fully saturated rings. The van der Waals surface area contributed by atoms with Crippen LogP contribution in [0.15, 0.2) is 24.5 Å². The average molecular weight is 236 g/mol. The Labute approximate surface area is 97.9 Å². The number of nitrogens with one attached hydrogen (secondary N) is 1. The number of benzene rings is 1. The lowest BCUT2D eigenvalue weighted by atomic mass is 10.2. The van der Waals surface area contributed by atoms with Gasteiger partial charge in [-0.2, -0.15) is 0 Å². The summed E-state index contributed by atoms with van der Waals surface area (Å²) in [5, 5.41) is 12.0. The number of aliphatic hydroxyl groups excluding tert-OH is 1. The molecule has 4 N–H and O–H groups in total. The van der Waals surface area contributed by atoms with Crippen molar-refractivity contribution >= 4 is 34.1 Å². The van der Waals surface area contributed by atoms with E-state index in [9.17, 15) is 0 Å². The normalized spacial score (nSPS) is 10.6. The van der Waals surface area contributed by atoms with Crippen LogP contribution in [0.1, 0.15) is 0 Å². The summed E-state index contributed by atoms with van der Waals surface area (Å²) < 4.78 is 1.89. The molecule has 0 radical (unpaired) electrons.